The molecule has 10 nitrogen and oxygen atoms in total. The number of anilines is 2. The summed E-state index contributed by atoms with van der Waals surface area (Å²) in [7, 11) is 3.63. The second kappa shape index (κ2) is 8.72. The van der Waals surface area contributed by atoms with E-state index in [0.717, 1.165) is 19.0 Å². The fourth-order valence-corrected chi connectivity index (χ4v) is 6.77. The molecular formula is C29H27F2N7O3. The van der Waals surface area contributed by atoms with E-state index in [9.17, 15) is 19.1 Å². The van der Waals surface area contributed by atoms with Crippen molar-refractivity contribution in [2.24, 2.45) is 11.7 Å². The standard InChI is InChI=1S/C29H27F2N7O3/c1-33-20-9-19(30)23(31)21-22-25(38-8-7-15-12-36(2)13-29(15,38)32)18(10-34-26(22)35-24(20)21)14-3-4-16-5-6-17(28(40)41)27(39)37(16)11-14/h3-6,9-11,15,33H,7-8,12-13,32H2,1-2H3,(H,34,35)(H,40,41)/t15?,29-/m1/s1. The van der Waals surface area contributed by atoms with E-state index in [2.05, 4.69) is 25.1 Å². The van der Waals surface area contributed by atoms with Gasteiger partial charge in [-0.3, -0.25) is 9.20 Å². The van der Waals surface area contributed by atoms with Gasteiger partial charge in [-0.25, -0.2) is 18.6 Å². The molecule has 2 saturated heterocycles. The van der Waals surface area contributed by atoms with Gasteiger partial charge in [-0.2, -0.15) is 0 Å². The Morgan fingerprint density at radius 1 is 1.24 bits per heavy atom. The molecule has 0 spiro atoms. The van der Waals surface area contributed by atoms with Crippen molar-refractivity contribution in [1.29, 1.82) is 0 Å². The van der Waals surface area contributed by atoms with E-state index in [1.165, 1.54) is 10.5 Å². The second-order valence-corrected chi connectivity index (χ2v) is 11.0. The van der Waals surface area contributed by atoms with E-state index in [1.807, 2.05) is 7.05 Å². The summed E-state index contributed by atoms with van der Waals surface area (Å²) in [6, 6.07) is 7.44. The summed E-state index contributed by atoms with van der Waals surface area (Å²) in [5.74, 6) is -3.18. The lowest BCUT2D eigenvalue weighted by atomic mass is 9.96. The van der Waals surface area contributed by atoms with Crippen LogP contribution in [0.25, 0.3) is 38.6 Å². The molecule has 5 N–H and O–H groups in total. The molecule has 2 aliphatic rings. The van der Waals surface area contributed by atoms with Gasteiger partial charge in [0.05, 0.1) is 27.7 Å². The first-order valence-electron chi connectivity index (χ1n) is 13.3. The third-order valence-electron chi connectivity index (χ3n) is 8.66. The number of rotatable bonds is 4. The first-order chi connectivity index (χ1) is 19.6. The number of likely N-dealkylation sites (tertiary alicyclic amines) is 1. The molecule has 1 unspecified atom stereocenters. The fraction of sp³-hybridized carbons (Fsp3) is 0.276. The molecule has 0 radical (unpaired) electrons. The zero-order chi connectivity index (χ0) is 28.8. The molecule has 2 fully saturated rings. The largest absolute Gasteiger partial charge is 0.477 e. The van der Waals surface area contributed by atoms with E-state index in [1.54, 1.807) is 37.6 Å². The molecule has 12 heteroatoms. The molecule has 0 amide bonds. The Morgan fingerprint density at radius 3 is 2.78 bits per heavy atom. The number of nitrogens with zero attached hydrogens (tertiary/aromatic N) is 4. The number of H-pyrrole nitrogens is 1. The number of nitrogens with two attached hydrogens (primary N) is 1. The third kappa shape index (κ3) is 3.50. The molecule has 5 aromatic rings. The van der Waals surface area contributed by atoms with Gasteiger partial charge < -0.3 is 30.9 Å². The van der Waals surface area contributed by atoms with Crippen LogP contribution in [0.2, 0.25) is 0 Å². The average molecular weight is 560 g/mol. The summed E-state index contributed by atoms with van der Waals surface area (Å²) in [5, 5.41) is 12.9. The molecule has 7 rings (SSSR count). The summed E-state index contributed by atoms with van der Waals surface area (Å²) >= 11 is 0. The summed E-state index contributed by atoms with van der Waals surface area (Å²) in [6.45, 7) is 1.96. The SMILES string of the molecule is CNc1cc(F)c(F)c2c1[nH]c1ncc(-c3ccc4ccc(C(=O)O)c(=O)n4c3)c(N3CCC4CN(C)C[C@]43N)c12. The van der Waals surface area contributed by atoms with Crippen molar-refractivity contribution < 1.29 is 18.7 Å². The van der Waals surface area contributed by atoms with Gasteiger partial charge in [-0.05, 0) is 31.7 Å². The average Bonchev–Trinajstić information content (AvgIpc) is 3.57. The van der Waals surface area contributed by atoms with Crippen LogP contribution in [0.3, 0.4) is 0 Å². The highest BCUT2D eigenvalue weighted by Crippen LogP contribution is 2.48. The lowest BCUT2D eigenvalue weighted by molar-refractivity contribution is 0.0694. The summed E-state index contributed by atoms with van der Waals surface area (Å²) in [5.41, 5.74) is 8.62. The van der Waals surface area contributed by atoms with Gasteiger partial charge in [-0.15, -0.1) is 0 Å². The minimum absolute atomic E-state index is 0.0539. The van der Waals surface area contributed by atoms with Gasteiger partial charge in [0, 0.05) is 67.7 Å². The monoisotopic (exact) mass is 559 g/mol. The highest BCUT2D eigenvalue weighted by molar-refractivity contribution is 6.18. The van der Waals surface area contributed by atoms with E-state index in [-0.39, 0.29) is 16.9 Å². The highest BCUT2D eigenvalue weighted by atomic mass is 19.2. The smallest absolute Gasteiger partial charge is 0.341 e. The molecule has 0 saturated carbocycles. The summed E-state index contributed by atoms with van der Waals surface area (Å²) < 4.78 is 31.9. The van der Waals surface area contributed by atoms with Crippen LogP contribution >= 0.6 is 0 Å². The van der Waals surface area contributed by atoms with Gasteiger partial charge in [0.2, 0.25) is 0 Å². The maximum atomic E-state index is 15.7. The van der Waals surface area contributed by atoms with Gasteiger partial charge in [-0.1, -0.05) is 6.07 Å². The molecule has 6 heterocycles. The molecule has 2 aliphatic heterocycles. The van der Waals surface area contributed by atoms with Crippen molar-refractivity contribution in [1.82, 2.24) is 19.3 Å². The van der Waals surface area contributed by atoms with Gasteiger partial charge >= 0.3 is 5.97 Å². The number of benzene rings is 1. The van der Waals surface area contributed by atoms with Crippen LogP contribution in [0.5, 0.6) is 0 Å². The Hall–Kier alpha value is -4.55. The van der Waals surface area contributed by atoms with E-state index >= 15 is 4.39 Å². The normalized spacial score (nSPS) is 20.9. The van der Waals surface area contributed by atoms with Crippen LogP contribution in [0.4, 0.5) is 20.2 Å². The first kappa shape index (κ1) is 25.4. The second-order valence-electron chi connectivity index (χ2n) is 11.0. The third-order valence-corrected chi connectivity index (χ3v) is 8.66. The molecule has 4 aromatic heterocycles. The van der Waals surface area contributed by atoms with Gasteiger partial charge in [0.15, 0.2) is 11.6 Å². The maximum Gasteiger partial charge on any atom is 0.341 e. The predicted molar refractivity (Wildman–Crippen MR) is 153 cm³/mol. The number of nitrogens with one attached hydrogen (secondary N) is 2. The van der Waals surface area contributed by atoms with Crippen LogP contribution in [-0.4, -0.2) is 69.7 Å². The zero-order valence-electron chi connectivity index (χ0n) is 22.3. The van der Waals surface area contributed by atoms with Crippen molar-refractivity contribution in [3.63, 3.8) is 0 Å². The maximum absolute atomic E-state index is 15.7. The van der Waals surface area contributed by atoms with Gasteiger partial charge in [0.25, 0.3) is 5.56 Å². The number of pyridine rings is 3. The number of carboxylic acids is 1. The van der Waals surface area contributed by atoms with Crippen LogP contribution in [0.1, 0.15) is 16.8 Å². The molecule has 0 aliphatic carbocycles. The lowest BCUT2D eigenvalue weighted by Gasteiger charge is -2.38. The Morgan fingerprint density at radius 2 is 2.02 bits per heavy atom. The molecule has 2 atom stereocenters. The van der Waals surface area contributed by atoms with E-state index in [0.29, 0.717) is 57.7 Å². The number of aromatic carboxylic acids is 1. The fourth-order valence-electron chi connectivity index (χ4n) is 6.77. The topological polar surface area (TPSA) is 132 Å². The Bertz CT molecular complexity index is 1990. The van der Waals surface area contributed by atoms with E-state index in [4.69, 9.17) is 5.73 Å². The zero-order valence-corrected chi connectivity index (χ0v) is 22.3. The van der Waals surface area contributed by atoms with E-state index < -0.39 is 28.8 Å². The minimum atomic E-state index is -1.33. The van der Waals surface area contributed by atoms with Crippen LogP contribution < -0.4 is 21.5 Å². The Labute approximate surface area is 232 Å². The van der Waals surface area contributed by atoms with Crippen molar-refractivity contribution in [3.05, 3.63) is 70.3 Å². The predicted octanol–water partition coefficient (Wildman–Crippen LogP) is 3.44. The van der Waals surface area contributed by atoms with Crippen molar-refractivity contribution in [2.75, 3.05) is 43.9 Å². The first-order valence-corrected chi connectivity index (χ1v) is 13.3. The van der Waals surface area contributed by atoms with Crippen molar-refractivity contribution in [3.8, 4) is 11.1 Å². The van der Waals surface area contributed by atoms with Crippen molar-refractivity contribution >= 4 is 44.8 Å². The van der Waals surface area contributed by atoms with Crippen molar-refractivity contribution in [2.45, 2.75) is 12.1 Å². The lowest BCUT2D eigenvalue weighted by Crippen LogP contribution is -2.57. The number of carboxylic acid groups (broad SMARTS) is 1. The molecular weight excluding hydrogens is 532 g/mol. The number of hydrogen-bond acceptors (Lipinski definition) is 7. The summed E-state index contributed by atoms with van der Waals surface area (Å²) in [4.78, 5) is 36.7. The van der Waals surface area contributed by atoms with Crippen LogP contribution in [0, 0.1) is 17.6 Å². The number of aromatic amines is 1. The molecule has 1 aromatic carbocycles. The molecule has 0 bridgehead atoms. The number of aromatic nitrogens is 3. The number of likely N-dealkylation sites (N-methyl/N-ethyl adjacent to an activating group) is 1. The molecule has 41 heavy (non-hydrogen) atoms. The number of carbonyl (C=O) groups is 1. The molecule has 210 valence electrons. The van der Waals surface area contributed by atoms with Gasteiger partial charge in [0.1, 0.15) is 16.9 Å². The number of fused-ring (bicyclic) bond motifs is 5. The highest BCUT2D eigenvalue weighted by Gasteiger charge is 2.52. The number of halogens is 2. The van der Waals surface area contributed by atoms with Crippen LogP contribution in [-0.2, 0) is 0 Å². The van der Waals surface area contributed by atoms with Crippen LogP contribution in [0.15, 0.2) is 47.5 Å². The summed E-state index contributed by atoms with van der Waals surface area (Å²) in [6.07, 6.45) is 3.99. The number of hydrogen-bond donors (Lipinski definition) is 4. The quantitative estimate of drug-likeness (QED) is 0.263. The Kier molecular flexibility index (Phi) is 5.41. The Balaban J connectivity index is 1.59. The minimum Gasteiger partial charge on any atom is -0.477 e.